The number of amides is 2. The second-order valence-electron chi connectivity index (χ2n) is 4.08. The predicted molar refractivity (Wildman–Crippen MR) is 61.8 cm³/mol. The Hall–Kier alpha value is -0.870. The third-order valence-electron chi connectivity index (χ3n) is 2.86. The van der Waals surface area contributed by atoms with E-state index in [1.54, 1.807) is 0 Å². The summed E-state index contributed by atoms with van der Waals surface area (Å²) in [6.45, 7) is -0.347. The van der Waals surface area contributed by atoms with Crippen molar-refractivity contribution < 1.29 is 24.5 Å². The number of urea groups is 1. The van der Waals surface area contributed by atoms with Crippen LogP contribution in [-0.2, 0) is 0 Å². The number of hydrogen-bond acceptors (Lipinski definition) is 6. The van der Waals surface area contributed by atoms with Crippen LogP contribution in [0.2, 0.25) is 0 Å². The van der Waals surface area contributed by atoms with Crippen LogP contribution in [0.5, 0.6) is 0 Å². The zero-order chi connectivity index (χ0) is 13.4. The van der Waals surface area contributed by atoms with E-state index in [4.69, 9.17) is 10.8 Å². The van der Waals surface area contributed by atoms with E-state index in [0.717, 1.165) is 22.9 Å². The lowest BCUT2D eigenvalue weighted by atomic mass is 10.1. The van der Waals surface area contributed by atoms with Gasteiger partial charge in [0.1, 0.15) is 17.6 Å². The van der Waals surface area contributed by atoms with E-state index in [-0.39, 0.29) is 6.61 Å². The Labute approximate surface area is 106 Å². The molecule has 18 heavy (non-hydrogen) atoms. The first-order valence-electron chi connectivity index (χ1n) is 5.29. The normalized spacial score (nSPS) is 40.7. The minimum atomic E-state index is -1.27. The molecule has 0 spiro atoms. The van der Waals surface area contributed by atoms with Crippen LogP contribution in [0.1, 0.15) is 0 Å². The Kier molecular flexibility index (Phi) is 3.78. The van der Waals surface area contributed by atoms with Crippen molar-refractivity contribution in [1.29, 1.82) is 0 Å². The summed E-state index contributed by atoms with van der Waals surface area (Å²) in [6, 6.07) is -0.661. The number of carbonyl (C=O) groups is 1. The van der Waals surface area contributed by atoms with Gasteiger partial charge in [0.2, 0.25) is 0 Å². The van der Waals surface area contributed by atoms with Crippen LogP contribution in [0.15, 0.2) is 12.0 Å². The number of nitrogens with zero attached hydrogens (tertiary/aromatic N) is 1. The van der Waals surface area contributed by atoms with E-state index < -0.39 is 40.9 Å². The summed E-state index contributed by atoms with van der Waals surface area (Å²) in [5.41, 5.74) is 5.28. The Morgan fingerprint density at radius 3 is 2.72 bits per heavy atom. The highest BCUT2D eigenvalue weighted by atomic mass is 32.2. The van der Waals surface area contributed by atoms with Crippen LogP contribution < -0.4 is 11.1 Å². The van der Waals surface area contributed by atoms with E-state index in [1.807, 2.05) is 0 Å². The van der Waals surface area contributed by atoms with Crippen molar-refractivity contribution in [2.75, 3.05) is 6.61 Å². The molecule has 2 unspecified atom stereocenters. The van der Waals surface area contributed by atoms with E-state index >= 15 is 0 Å². The maximum absolute atomic E-state index is 13.3. The Morgan fingerprint density at radius 2 is 2.17 bits per heavy atom. The van der Waals surface area contributed by atoms with E-state index in [9.17, 15) is 19.4 Å². The molecule has 9 heteroatoms. The molecule has 0 bridgehead atoms. The number of hydrogen-bond donors (Lipinski definition) is 5. The monoisotopic (exact) mass is 279 g/mol. The van der Waals surface area contributed by atoms with Gasteiger partial charge in [0, 0.05) is 6.20 Å². The second-order valence-corrected chi connectivity index (χ2v) is 5.44. The molecule has 0 aromatic carbocycles. The summed E-state index contributed by atoms with van der Waals surface area (Å²) in [4.78, 5) is 12.6. The Bertz CT molecular complexity index is 383. The van der Waals surface area contributed by atoms with Crippen molar-refractivity contribution >= 4 is 17.8 Å². The van der Waals surface area contributed by atoms with Crippen molar-refractivity contribution in [2.24, 2.45) is 5.73 Å². The lowest BCUT2D eigenvalue weighted by Crippen LogP contribution is -2.55. The standard InChI is InChI=1S/C9H14FN3O4S/c10-3-1-13(9(17)12-7(3)11)8-6(16)5(15)4(2-14)18-8/h1,4-8,14-16H,2,11H2,(H,12,17)/t4-,5-,6+,7?,8?/m1/s1. The van der Waals surface area contributed by atoms with Crippen LogP contribution in [0.4, 0.5) is 9.18 Å². The summed E-state index contributed by atoms with van der Waals surface area (Å²) < 4.78 is 13.3. The van der Waals surface area contributed by atoms with Crippen molar-refractivity contribution in [1.82, 2.24) is 10.2 Å². The minimum Gasteiger partial charge on any atom is -0.395 e. The quantitative estimate of drug-likeness (QED) is 0.409. The van der Waals surface area contributed by atoms with Crippen molar-refractivity contribution in [3.8, 4) is 0 Å². The maximum Gasteiger partial charge on any atom is 0.324 e. The number of nitrogens with two attached hydrogens (primary N) is 1. The van der Waals surface area contributed by atoms with Gasteiger partial charge >= 0.3 is 6.03 Å². The van der Waals surface area contributed by atoms with Crippen LogP contribution in [-0.4, -0.2) is 61.9 Å². The minimum absolute atomic E-state index is 0.347. The first kappa shape index (κ1) is 13.6. The molecule has 6 N–H and O–H groups in total. The van der Waals surface area contributed by atoms with Crippen LogP contribution >= 0.6 is 11.8 Å². The van der Waals surface area contributed by atoms with Crippen LogP contribution in [0.25, 0.3) is 0 Å². The van der Waals surface area contributed by atoms with Gasteiger partial charge in [-0.1, -0.05) is 0 Å². The SMILES string of the molecule is NC1NC(=O)N(C2S[C@H](CO)[C@@H](O)[C@@H]2O)C=C1F. The van der Waals surface area contributed by atoms with Gasteiger partial charge in [-0.05, 0) is 0 Å². The molecule has 102 valence electrons. The molecule has 2 aliphatic heterocycles. The van der Waals surface area contributed by atoms with E-state index in [1.165, 1.54) is 0 Å². The molecular formula is C9H14FN3O4S. The molecule has 2 aliphatic rings. The number of halogens is 1. The van der Waals surface area contributed by atoms with Crippen LogP contribution in [0, 0.1) is 0 Å². The third-order valence-corrected chi connectivity index (χ3v) is 4.43. The molecule has 7 nitrogen and oxygen atoms in total. The molecule has 0 radical (unpaired) electrons. The predicted octanol–water partition coefficient (Wildman–Crippen LogP) is -1.74. The zero-order valence-electron chi connectivity index (χ0n) is 9.23. The second kappa shape index (κ2) is 5.02. The summed E-state index contributed by atoms with van der Waals surface area (Å²) >= 11 is 1.00. The third kappa shape index (κ3) is 2.19. The Balaban J connectivity index is 2.19. The Morgan fingerprint density at radius 1 is 1.50 bits per heavy atom. The number of thioether (sulfide) groups is 1. The smallest absolute Gasteiger partial charge is 0.324 e. The molecular weight excluding hydrogens is 265 g/mol. The number of rotatable bonds is 2. The fraction of sp³-hybridized carbons (Fsp3) is 0.667. The number of aliphatic hydroxyl groups excluding tert-OH is 3. The van der Waals surface area contributed by atoms with Gasteiger partial charge in [0.25, 0.3) is 0 Å². The molecule has 2 rings (SSSR count). The van der Waals surface area contributed by atoms with Gasteiger partial charge in [0.05, 0.1) is 18.0 Å². The highest BCUT2D eigenvalue weighted by Gasteiger charge is 2.46. The lowest BCUT2D eigenvalue weighted by Gasteiger charge is -2.32. The highest BCUT2D eigenvalue weighted by molar-refractivity contribution is 8.00. The molecule has 1 saturated heterocycles. The largest absolute Gasteiger partial charge is 0.395 e. The molecule has 5 atom stereocenters. The van der Waals surface area contributed by atoms with Crippen molar-refractivity contribution in [2.45, 2.75) is 29.0 Å². The van der Waals surface area contributed by atoms with Crippen molar-refractivity contribution in [3.05, 3.63) is 12.0 Å². The fourth-order valence-electron chi connectivity index (χ4n) is 1.85. The average Bonchev–Trinajstić information content (AvgIpc) is 2.61. The topological polar surface area (TPSA) is 119 Å². The lowest BCUT2D eigenvalue weighted by molar-refractivity contribution is 0.00482. The molecule has 0 aromatic heterocycles. The molecule has 0 saturated carbocycles. The maximum atomic E-state index is 13.3. The van der Waals surface area contributed by atoms with Gasteiger partial charge in [0.15, 0.2) is 5.83 Å². The number of nitrogens with one attached hydrogen (secondary N) is 1. The first-order chi connectivity index (χ1) is 8.45. The first-order valence-corrected chi connectivity index (χ1v) is 6.24. The van der Waals surface area contributed by atoms with Gasteiger partial charge in [-0.15, -0.1) is 11.8 Å². The number of carbonyl (C=O) groups excluding carboxylic acids is 1. The average molecular weight is 279 g/mol. The van der Waals surface area contributed by atoms with Gasteiger partial charge in [-0.3, -0.25) is 4.90 Å². The summed E-state index contributed by atoms with van der Waals surface area (Å²) in [7, 11) is 0. The molecule has 0 aromatic rings. The van der Waals surface area contributed by atoms with Gasteiger partial charge < -0.3 is 26.4 Å². The molecule has 1 fully saturated rings. The van der Waals surface area contributed by atoms with Gasteiger partial charge in [-0.2, -0.15) is 0 Å². The summed E-state index contributed by atoms with van der Waals surface area (Å²) in [6.07, 6.45) is -2.74. The van der Waals surface area contributed by atoms with E-state index in [2.05, 4.69) is 5.32 Å². The highest BCUT2D eigenvalue weighted by Crippen LogP contribution is 2.37. The van der Waals surface area contributed by atoms with Crippen molar-refractivity contribution in [3.63, 3.8) is 0 Å². The molecule has 2 heterocycles. The van der Waals surface area contributed by atoms with Gasteiger partial charge in [-0.25, -0.2) is 9.18 Å². The molecule has 0 aliphatic carbocycles. The zero-order valence-corrected chi connectivity index (χ0v) is 10.0. The number of aliphatic hydroxyl groups is 3. The van der Waals surface area contributed by atoms with E-state index in [0.29, 0.717) is 0 Å². The summed E-state index contributed by atoms with van der Waals surface area (Å²) in [5, 5.41) is 29.1. The molecule has 2 amide bonds. The van der Waals surface area contributed by atoms with Crippen LogP contribution in [0.3, 0.4) is 0 Å². The summed E-state index contributed by atoms with van der Waals surface area (Å²) in [5.74, 6) is -0.746. The fourth-order valence-corrected chi connectivity index (χ4v) is 3.22.